The van der Waals surface area contributed by atoms with Crippen LogP contribution in [0.3, 0.4) is 0 Å². The minimum Gasteiger partial charge on any atom is -0.466 e. The molecule has 112 valence electrons. The molecule has 7 heteroatoms. The van der Waals surface area contributed by atoms with Gasteiger partial charge in [0.2, 0.25) is 9.90 Å². The molecule has 0 amide bonds. The van der Waals surface area contributed by atoms with Crippen LogP contribution in [-0.2, 0) is 14.4 Å². The predicted octanol–water partition coefficient (Wildman–Crippen LogP) is 3.81. The monoisotopic (exact) mass is 339 g/mol. The van der Waals surface area contributed by atoms with Gasteiger partial charge in [-0.3, -0.25) is 0 Å². The number of methoxy groups -OCH3 is 1. The van der Waals surface area contributed by atoms with E-state index in [1.807, 2.05) is 6.92 Å². The summed E-state index contributed by atoms with van der Waals surface area (Å²) in [7, 11) is 1.29. The van der Waals surface area contributed by atoms with Gasteiger partial charge in [-0.15, -0.1) is 0 Å². The molecule has 2 atom stereocenters. The number of esters is 1. The Morgan fingerprint density at radius 2 is 2.05 bits per heavy atom. The maximum Gasteiger partial charge on any atom is 0.349 e. The van der Waals surface area contributed by atoms with E-state index in [0.717, 1.165) is 5.57 Å². The molecule has 20 heavy (non-hydrogen) atoms. The number of carbonyl (C=O) groups is 1. The number of carbonyl (C=O) groups excluding carboxylic acids is 1. The van der Waals surface area contributed by atoms with Gasteiger partial charge in [0.15, 0.2) is 0 Å². The van der Waals surface area contributed by atoms with E-state index in [-0.39, 0.29) is 0 Å². The molecule has 0 bridgehead atoms. The van der Waals surface area contributed by atoms with Crippen LogP contribution in [0.1, 0.15) is 20.8 Å². The second-order valence-electron chi connectivity index (χ2n) is 4.69. The van der Waals surface area contributed by atoms with Crippen molar-refractivity contribution in [1.82, 2.24) is 0 Å². The Morgan fingerprint density at radius 1 is 1.45 bits per heavy atom. The number of nitrogens with zero attached hydrogens (tertiary/aromatic N) is 1. The van der Waals surface area contributed by atoms with Gasteiger partial charge in [-0.05, 0) is 32.4 Å². The molecule has 1 aliphatic rings. The average Bonchev–Trinajstić information content (AvgIpc) is 2.35. The smallest absolute Gasteiger partial charge is 0.349 e. The van der Waals surface area contributed by atoms with E-state index in [1.165, 1.54) is 7.11 Å². The maximum atomic E-state index is 11.2. The van der Waals surface area contributed by atoms with Crippen molar-refractivity contribution in [3.8, 4) is 0 Å². The zero-order valence-corrected chi connectivity index (χ0v) is 13.9. The number of oxime groups is 1. The van der Waals surface area contributed by atoms with E-state index in [4.69, 9.17) is 39.6 Å². The lowest BCUT2D eigenvalue weighted by atomic mass is 9.84. The van der Waals surface area contributed by atoms with E-state index in [2.05, 4.69) is 9.89 Å². The minimum atomic E-state index is -1.46. The van der Waals surface area contributed by atoms with Crippen LogP contribution in [0.4, 0.5) is 0 Å². The number of rotatable bonds is 3. The molecule has 0 aliphatic heterocycles. The molecule has 1 rings (SSSR count). The van der Waals surface area contributed by atoms with Gasteiger partial charge in [0, 0.05) is 0 Å². The summed E-state index contributed by atoms with van der Waals surface area (Å²) in [5.41, 5.74) is 0.625. The molecule has 4 nitrogen and oxygen atoms in total. The number of ether oxygens (including phenoxy) is 1. The maximum absolute atomic E-state index is 11.2. The van der Waals surface area contributed by atoms with Crippen molar-refractivity contribution >= 4 is 46.5 Å². The molecule has 0 aromatic rings. The van der Waals surface area contributed by atoms with Crippen molar-refractivity contribution in [3.63, 3.8) is 0 Å². The van der Waals surface area contributed by atoms with Crippen LogP contribution in [0.25, 0.3) is 0 Å². The second-order valence-corrected chi connectivity index (χ2v) is 6.97. The van der Waals surface area contributed by atoms with Crippen molar-refractivity contribution < 1.29 is 14.4 Å². The molecule has 0 heterocycles. The summed E-state index contributed by atoms with van der Waals surface area (Å²) in [6, 6.07) is 0. The summed E-state index contributed by atoms with van der Waals surface area (Å²) in [5, 5.41) is 3.91. The fourth-order valence-corrected chi connectivity index (χ4v) is 1.93. The number of hydrogen-bond donors (Lipinski definition) is 0. The van der Waals surface area contributed by atoms with Gasteiger partial charge in [0.05, 0.1) is 12.5 Å². The van der Waals surface area contributed by atoms with E-state index in [9.17, 15) is 4.79 Å². The Bertz CT molecular complexity index is 480. The SMILES string of the molecule is COC(=O)[C@H](C)O/N=C1/C=C[C@](C)(C(Cl)(Cl)Cl)C=C1C. The molecular weight excluding hydrogens is 325 g/mol. The lowest BCUT2D eigenvalue weighted by Crippen LogP contribution is -2.31. The van der Waals surface area contributed by atoms with Crippen molar-refractivity contribution in [3.05, 3.63) is 23.8 Å². The number of hydrogen-bond acceptors (Lipinski definition) is 4. The van der Waals surface area contributed by atoms with Crippen LogP contribution >= 0.6 is 34.8 Å². The van der Waals surface area contributed by atoms with Crippen molar-refractivity contribution in [2.75, 3.05) is 7.11 Å². The predicted molar refractivity (Wildman–Crippen MR) is 81.3 cm³/mol. The summed E-state index contributed by atoms with van der Waals surface area (Å²) in [4.78, 5) is 16.3. The molecule has 0 saturated carbocycles. The molecule has 0 radical (unpaired) electrons. The lowest BCUT2D eigenvalue weighted by Gasteiger charge is -2.33. The van der Waals surface area contributed by atoms with Crippen LogP contribution in [0.5, 0.6) is 0 Å². The number of halogens is 3. The molecule has 0 N–H and O–H groups in total. The van der Waals surface area contributed by atoms with E-state index in [1.54, 1.807) is 32.1 Å². The average molecular weight is 341 g/mol. The first-order chi connectivity index (χ1) is 9.10. The quantitative estimate of drug-likeness (QED) is 0.446. The van der Waals surface area contributed by atoms with Gasteiger partial charge in [0.1, 0.15) is 5.71 Å². The minimum absolute atomic E-state index is 0.498. The lowest BCUT2D eigenvalue weighted by molar-refractivity contribution is -0.152. The highest BCUT2D eigenvalue weighted by Crippen LogP contribution is 2.48. The standard InChI is InChI=1S/C13H16Cl3NO3/c1-8-7-12(3,13(14,15)16)6-5-10(8)17-20-9(2)11(18)19-4/h5-7,9H,1-4H3/b17-10-/t9-,12-/m0/s1. The summed E-state index contributed by atoms with van der Waals surface area (Å²) in [6.07, 6.45) is 4.44. The summed E-state index contributed by atoms with van der Waals surface area (Å²) < 4.78 is 3.08. The van der Waals surface area contributed by atoms with Crippen molar-refractivity contribution in [2.24, 2.45) is 10.6 Å². The normalized spacial score (nSPS) is 26.1. The fourth-order valence-electron chi connectivity index (χ4n) is 1.58. The number of allylic oxidation sites excluding steroid dienone is 4. The van der Waals surface area contributed by atoms with Crippen LogP contribution < -0.4 is 0 Å². The highest BCUT2D eigenvalue weighted by atomic mass is 35.6. The van der Waals surface area contributed by atoms with Crippen LogP contribution in [0.2, 0.25) is 0 Å². The van der Waals surface area contributed by atoms with Gasteiger partial charge in [0.25, 0.3) is 0 Å². The highest BCUT2D eigenvalue weighted by Gasteiger charge is 2.42. The molecule has 1 aliphatic carbocycles. The Morgan fingerprint density at radius 3 is 2.50 bits per heavy atom. The third kappa shape index (κ3) is 3.90. The zero-order chi connectivity index (χ0) is 15.6. The van der Waals surface area contributed by atoms with E-state index < -0.39 is 21.3 Å². The van der Waals surface area contributed by atoms with Crippen LogP contribution in [0.15, 0.2) is 29.0 Å². The molecule has 0 spiro atoms. The van der Waals surface area contributed by atoms with Gasteiger partial charge in [-0.1, -0.05) is 52.1 Å². The van der Waals surface area contributed by atoms with Gasteiger partial charge in [-0.2, -0.15) is 0 Å². The van der Waals surface area contributed by atoms with Crippen molar-refractivity contribution in [1.29, 1.82) is 0 Å². The Balaban J connectivity index is 2.86. The van der Waals surface area contributed by atoms with Gasteiger partial charge < -0.3 is 9.57 Å². The Labute approximate surface area is 133 Å². The molecule has 0 unspecified atom stereocenters. The van der Waals surface area contributed by atoms with Gasteiger partial charge in [-0.25, -0.2) is 4.79 Å². The molecular formula is C13H16Cl3NO3. The first-order valence-corrected chi connectivity index (χ1v) is 7.01. The van der Waals surface area contributed by atoms with Crippen molar-refractivity contribution in [2.45, 2.75) is 30.7 Å². The largest absolute Gasteiger partial charge is 0.466 e. The van der Waals surface area contributed by atoms with E-state index in [0.29, 0.717) is 5.71 Å². The summed E-state index contributed by atoms with van der Waals surface area (Å²) in [6.45, 7) is 5.17. The zero-order valence-electron chi connectivity index (χ0n) is 11.6. The Hall–Kier alpha value is -0.710. The van der Waals surface area contributed by atoms with E-state index >= 15 is 0 Å². The summed E-state index contributed by atoms with van der Waals surface area (Å²) >= 11 is 17.9. The second kappa shape index (κ2) is 6.37. The van der Waals surface area contributed by atoms with Gasteiger partial charge >= 0.3 is 5.97 Å². The third-order valence-electron chi connectivity index (χ3n) is 2.96. The third-order valence-corrected chi connectivity index (χ3v) is 4.18. The number of alkyl halides is 3. The first-order valence-electron chi connectivity index (χ1n) is 5.88. The van der Waals surface area contributed by atoms with Crippen LogP contribution in [-0.4, -0.2) is 28.7 Å². The molecule has 0 aromatic heterocycles. The molecule has 0 fully saturated rings. The highest BCUT2D eigenvalue weighted by molar-refractivity contribution is 6.68. The first kappa shape index (κ1) is 17.3. The Kier molecular flexibility index (Phi) is 5.53. The summed E-state index contributed by atoms with van der Waals surface area (Å²) in [5.74, 6) is -0.498. The van der Waals surface area contributed by atoms with Crippen LogP contribution in [0, 0.1) is 5.41 Å². The molecule has 0 saturated heterocycles. The molecule has 0 aromatic carbocycles. The topological polar surface area (TPSA) is 47.9 Å². The fraction of sp³-hybridized carbons (Fsp3) is 0.538.